The topological polar surface area (TPSA) is 49.0 Å². The van der Waals surface area contributed by atoms with Crippen molar-refractivity contribution in [2.24, 2.45) is 5.92 Å². The van der Waals surface area contributed by atoms with E-state index in [0.29, 0.717) is 17.5 Å². The van der Waals surface area contributed by atoms with Crippen LogP contribution < -0.4 is 0 Å². The standard InChI is InChI=1S/C13H20BrN3O/c1-4-17(7-8(2)3)13(18)12-10(14)11(15-16-12)9-5-6-9/h8-9H,4-7H2,1-3H3,(H,15,16). The summed E-state index contributed by atoms with van der Waals surface area (Å²) < 4.78 is 0.859. The summed E-state index contributed by atoms with van der Waals surface area (Å²) in [6.07, 6.45) is 2.38. The molecule has 1 heterocycles. The predicted molar refractivity (Wildman–Crippen MR) is 74.7 cm³/mol. The third kappa shape index (κ3) is 2.76. The Balaban J connectivity index is 2.16. The van der Waals surface area contributed by atoms with E-state index < -0.39 is 0 Å². The van der Waals surface area contributed by atoms with Crippen LogP contribution in [0, 0.1) is 5.92 Å². The van der Waals surface area contributed by atoms with Crippen LogP contribution in [0.3, 0.4) is 0 Å². The lowest BCUT2D eigenvalue weighted by molar-refractivity contribution is 0.0739. The van der Waals surface area contributed by atoms with E-state index in [1.807, 2.05) is 11.8 Å². The fraction of sp³-hybridized carbons (Fsp3) is 0.692. The molecule has 0 aliphatic heterocycles. The van der Waals surface area contributed by atoms with Crippen LogP contribution in [0.5, 0.6) is 0 Å². The van der Waals surface area contributed by atoms with Crippen LogP contribution in [0.4, 0.5) is 0 Å². The fourth-order valence-electron chi connectivity index (χ4n) is 2.07. The maximum Gasteiger partial charge on any atom is 0.275 e. The highest BCUT2D eigenvalue weighted by Crippen LogP contribution is 2.43. The molecule has 0 saturated heterocycles. The summed E-state index contributed by atoms with van der Waals surface area (Å²) >= 11 is 3.51. The van der Waals surface area contributed by atoms with Crippen LogP contribution in [-0.4, -0.2) is 34.1 Å². The number of carbonyl (C=O) groups is 1. The first-order valence-corrected chi connectivity index (χ1v) is 7.36. The van der Waals surface area contributed by atoms with Gasteiger partial charge in [0, 0.05) is 19.0 Å². The zero-order valence-electron chi connectivity index (χ0n) is 11.2. The minimum Gasteiger partial charge on any atom is -0.337 e. The first-order valence-electron chi connectivity index (χ1n) is 6.57. The van der Waals surface area contributed by atoms with E-state index in [9.17, 15) is 4.79 Å². The molecule has 1 aromatic heterocycles. The Bertz CT molecular complexity index is 437. The first-order chi connectivity index (χ1) is 8.54. The van der Waals surface area contributed by atoms with E-state index in [0.717, 1.165) is 23.3 Å². The van der Waals surface area contributed by atoms with Gasteiger partial charge >= 0.3 is 0 Å². The Labute approximate surface area is 116 Å². The Kier molecular flexibility index (Phi) is 4.10. The van der Waals surface area contributed by atoms with E-state index in [1.165, 1.54) is 12.8 Å². The van der Waals surface area contributed by atoms with Crippen LogP contribution in [-0.2, 0) is 0 Å². The van der Waals surface area contributed by atoms with Gasteiger partial charge in [0.2, 0.25) is 0 Å². The van der Waals surface area contributed by atoms with E-state index in [1.54, 1.807) is 0 Å². The molecular formula is C13H20BrN3O. The van der Waals surface area contributed by atoms with Gasteiger partial charge in [0.15, 0.2) is 5.69 Å². The number of halogens is 1. The number of H-pyrrole nitrogens is 1. The molecule has 1 saturated carbocycles. The van der Waals surface area contributed by atoms with Gasteiger partial charge in [-0.2, -0.15) is 5.10 Å². The Morgan fingerprint density at radius 1 is 1.56 bits per heavy atom. The second-order valence-electron chi connectivity index (χ2n) is 5.31. The van der Waals surface area contributed by atoms with Crippen LogP contribution in [0.15, 0.2) is 4.47 Å². The van der Waals surface area contributed by atoms with Gasteiger partial charge in [-0.05, 0) is 41.6 Å². The molecule has 1 amide bonds. The van der Waals surface area contributed by atoms with Crippen molar-refractivity contribution in [3.63, 3.8) is 0 Å². The van der Waals surface area contributed by atoms with E-state index >= 15 is 0 Å². The number of amides is 1. The molecule has 1 aromatic rings. The van der Waals surface area contributed by atoms with Gasteiger partial charge in [0.25, 0.3) is 5.91 Å². The van der Waals surface area contributed by atoms with Crippen LogP contribution >= 0.6 is 15.9 Å². The zero-order chi connectivity index (χ0) is 13.3. The molecular weight excluding hydrogens is 294 g/mol. The Morgan fingerprint density at radius 2 is 2.22 bits per heavy atom. The monoisotopic (exact) mass is 313 g/mol. The number of hydrogen-bond donors (Lipinski definition) is 1. The maximum atomic E-state index is 12.4. The lowest BCUT2D eigenvalue weighted by Gasteiger charge is -2.22. The van der Waals surface area contributed by atoms with Crippen molar-refractivity contribution in [2.45, 2.75) is 39.5 Å². The summed E-state index contributed by atoms with van der Waals surface area (Å²) in [6, 6.07) is 0. The highest BCUT2D eigenvalue weighted by Gasteiger charge is 2.31. The van der Waals surface area contributed by atoms with Crippen LogP contribution in [0.25, 0.3) is 0 Å². The second kappa shape index (κ2) is 5.43. The first kappa shape index (κ1) is 13.6. The zero-order valence-corrected chi connectivity index (χ0v) is 12.7. The Morgan fingerprint density at radius 3 is 2.72 bits per heavy atom. The van der Waals surface area contributed by atoms with Crippen LogP contribution in [0.2, 0.25) is 0 Å². The van der Waals surface area contributed by atoms with Gasteiger partial charge in [-0.15, -0.1) is 0 Å². The predicted octanol–water partition coefficient (Wildman–Crippen LogP) is 3.17. The molecule has 0 radical (unpaired) electrons. The molecule has 100 valence electrons. The minimum atomic E-state index is 0.0150. The van der Waals surface area contributed by atoms with E-state index in [4.69, 9.17) is 0 Å². The molecule has 0 bridgehead atoms. The molecule has 1 aliphatic carbocycles. The molecule has 0 unspecified atom stereocenters. The maximum absolute atomic E-state index is 12.4. The lowest BCUT2D eigenvalue weighted by Crippen LogP contribution is -2.34. The molecule has 4 nitrogen and oxygen atoms in total. The largest absolute Gasteiger partial charge is 0.337 e. The van der Waals surface area contributed by atoms with Gasteiger partial charge < -0.3 is 4.90 Å². The molecule has 0 spiro atoms. The van der Waals surface area contributed by atoms with Gasteiger partial charge in [-0.3, -0.25) is 9.89 Å². The molecule has 18 heavy (non-hydrogen) atoms. The highest BCUT2D eigenvalue weighted by molar-refractivity contribution is 9.10. The van der Waals surface area contributed by atoms with Crippen molar-refractivity contribution in [3.05, 3.63) is 15.9 Å². The number of hydrogen-bond acceptors (Lipinski definition) is 2. The second-order valence-corrected chi connectivity index (χ2v) is 6.10. The van der Waals surface area contributed by atoms with Crippen molar-refractivity contribution in [2.75, 3.05) is 13.1 Å². The number of rotatable bonds is 5. The molecule has 2 rings (SSSR count). The van der Waals surface area contributed by atoms with Crippen LogP contribution in [0.1, 0.15) is 55.7 Å². The molecule has 0 atom stereocenters. The number of carbonyl (C=O) groups excluding carboxylic acids is 1. The van der Waals surface area contributed by atoms with Gasteiger partial charge in [-0.25, -0.2) is 0 Å². The summed E-state index contributed by atoms with van der Waals surface area (Å²) in [5.41, 5.74) is 1.61. The lowest BCUT2D eigenvalue weighted by atomic mass is 10.2. The number of nitrogens with one attached hydrogen (secondary N) is 1. The van der Waals surface area contributed by atoms with Gasteiger partial charge in [0.1, 0.15) is 0 Å². The normalized spacial score (nSPS) is 15.2. The smallest absolute Gasteiger partial charge is 0.275 e. The molecule has 5 heteroatoms. The van der Waals surface area contributed by atoms with Gasteiger partial charge in [-0.1, -0.05) is 13.8 Å². The number of aromatic nitrogens is 2. The van der Waals surface area contributed by atoms with Gasteiger partial charge in [0.05, 0.1) is 10.2 Å². The van der Waals surface area contributed by atoms with Crippen molar-refractivity contribution in [1.29, 1.82) is 0 Å². The van der Waals surface area contributed by atoms with Crippen molar-refractivity contribution in [1.82, 2.24) is 15.1 Å². The number of aromatic amines is 1. The van der Waals surface area contributed by atoms with Crippen molar-refractivity contribution >= 4 is 21.8 Å². The summed E-state index contributed by atoms with van der Waals surface area (Å²) in [7, 11) is 0. The third-order valence-corrected chi connectivity index (χ3v) is 3.98. The minimum absolute atomic E-state index is 0.0150. The summed E-state index contributed by atoms with van der Waals surface area (Å²) in [6.45, 7) is 7.72. The molecule has 1 N–H and O–H groups in total. The Hall–Kier alpha value is -0.840. The van der Waals surface area contributed by atoms with Crippen molar-refractivity contribution < 1.29 is 4.79 Å². The summed E-state index contributed by atoms with van der Waals surface area (Å²) in [5.74, 6) is 1.05. The average Bonchev–Trinajstić information content (AvgIpc) is 3.09. The number of nitrogens with zero attached hydrogens (tertiary/aromatic N) is 2. The third-order valence-electron chi connectivity index (χ3n) is 3.18. The SMILES string of the molecule is CCN(CC(C)C)C(=O)c1n[nH]c(C2CC2)c1Br. The van der Waals surface area contributed by atoms with Crippen molar-refractivity contribution in [3.8, 4) is 0 Å². The molecule has 1 aliphatic rings. The average molecular weight is 314 g/mol. The molecule has 0 aromatic carbocycles. The summed E-state index contributed by atoms with van der Waals surface area (Å²) in [5, 5.41) is 7.19. The fourth-order valence-corrected chi connectivity index (χ4v) is 2.74. The molecule has 1 fully saturated rings. The quantitative estimate of drug-likeness (QED) is 0.907. The summed E-state index contributed by atoms with van der Waals surface area (Å²) in [4.78, 5) is 14.3. The highest BCUT2D eigenvalue weighted by atomic mass is 79.9. The van der Waals surface area contributed by atoms with E-state index in [2.05, 4.69) is 40.0 Å². The van der Waals surface area contributed by atoms with E-state index in [-0.39, 0.29) is 5.91 Å².